The lowest BCUT2D eigenvalue weighted by Gasteiger charge is -2.01. The van der Waals surface area contributed by atoms with E-state index in [-0.39, 0.29) is 5.82 Å². The molecule has 3 nitrogen and oxygen atoms in total. The molecule has 0 bridgehead atoms. The summed E-state index contributed by atoms with van der Waals surface area (Å²) in [6.07, 6.45) is 0. The third-order valence-corrected chi connectivity index (χ3v) is 3.38. The molecule has 0 saturated carbocycles. The largest absolute Gasteiger partial charge is 0.259 e. The van der Waals surface area contributed by atoms with Crippen LogP contribution in [0.15, 0.2) is 53.0 Å². The lowest BCUT2D eigenvalue weighted by atomic mass is 10.2. The second-order valence-electron chi connectivity index (χ2n) is 3.97. The van der Waals surface area contributed by atoms with Crippen molar-refractivity contribution in [2.24, 2.45) is 0 Å². The van der Waals surface area contributed by atoms with E-state index in [2.05, 4.69) is 31.1 Å². The topological polar surface area (TPSA) is 41.6 Å². The summed E-state index contributed by atoms with van der Waals surface area (Å²) in [5.41, 5.74) is 1.27. The molecule has 0 aliphatic rings. The fourth-order valence-corrected chi connectivity index (χ4v) is 2.34. The monoisotopic (exact) mass is 317 g/mol. The maximum absolute atomic E-state index is 13.8. The molecule has 0 unspecified atom stereocenters. The normalized spacial score (nSPS) is 10.6. The quantitative estimate of drug-likeness (QED) is 0.775. The number of aromatic nitrogens is 3. The summed E-state index contributed by atoms with van der Waals surface area (Å²) in [6.45, 7) is 0. The van der Waals surface area contributed by atoms with Crippen LogP contribution in [-0.2, 0) is 0 Å². The highest BCUT2D eigenvalue weighted by molar-refractivity contribution is 9.10. The first-order chi connectivity index (χ1) is 9.25. The number of nitrogens with one attached hydrogen (secondary N) is 1. The first-order valence-electron chi connectivity index (χ1n) is 5.68. The van der Waals surface area contributed by atoms with Crippen molar-refractivity contribution in [3.63, 3.8) is 0 Å². The number of halogens is 2. The molecule has 0 atom stereocenters. The minimum Gasteiger partial charge on any atom is -0.259 e. The maximum Gasteiger partial charge on any atom is 0.181 e. The van der Waals surface area contributed by atoms with Crippen molar-refractivity contribution in [3.05, 3.63) is 58.8 Å². The van der Waals surface area contributed by atoms with E-state index in [0.29, 0.717) is 21.7 Å². The van der Waals surface area contributed by atoms with E-state index < -0.39 is 0 Å². The molecule has 2 aromatic carbocycles. The smallest absolute Gasteiger partial charge is 0.181 e. The number of aromatic amines is 1. The van der Waals surface area contributed by atoms with Crippen molar-refractivity contribution in [1.82, 2.24) is 15.2 Å². The Balaban J connectivity index is 2.07. The predicted octanol–water partition coefficient (Wildman–Crippen LogP) is 4.04. The van der Waals surface area contributed by atoms with Gasteiger partial charge in [-0.3, -0.25) is 5.10 Å². The van der Waals surface area contributed by atoms with Gasteiger partial charge in [-0.25, -0.2) is 9.37 Å². The van der Waals surface area contributed by atoms with Crippen LogP contribution in [-0.4, -0.2) is 15.2 Å². The van der Waals surface area contributed by atoms with Gasteiger partial charge >= 0.3 is 0 Å². The Morgan fingerprint density at radius 2 is 1.79 bits per heavy atom. The highest BCUT2D eigenvalue weighted by atomic mass is 79.9. The van der Waals surface area contributed by atoms with E-state index in [1.807, 2.05) is 30.3 Å². The fraction of sp³-hybridized carbons (Fsp3) is 0. The number of hydrogen-bond acceptors (Lipinski definition) is 2. The summed E-state index contributed by atoms with van der Waals surface area (Å²) in [5.74, 6) is 0.611. The number of H-pyrrole nitrogens is 1. The van der Waals surface area contributed by atoms with Gasteiger partial charge in [0.05, 0.1) is 5.56 Å². The van der Waals surface area contributed by atoms with Gasteiger partial charge < -0.3 is 0 Å². The number of rotatable bonds is 2. The first-order valence-corrected chi connectivity index (χ1v) is 6.47. The van der Waals surface area contributed by atoms with Crippen LogP contribution in [0.4, 0.5) is 4.39 Å². The van der Waals surface area contributed by atoms with Crippen molar-refractivity contribution >= 4 is 15.9 Å². The maximum atomic E-state index is 13.8. The number of nitrogens with zero attached hydrogens (tertiary/aromatic N) is 2. The van der Waals surface area contributed by atoms with Gasteiger partial charge in [0, 0.05) is 10.0 Å². The van der Waals surface area contributed by atoms with Crippen LogP contribution in [0.25, 0.3) is 22.8 Å². The molecule has 19 heavy (non-hydrogen) atoms. The predicted molar refractivity (Wildman–Crippen MR) is 74.9 cm³/mol. The summed E-state index contributed by atoms with van der Waals surface area (Å²) in [7, 11) is 0. The Labute approximate surface area is 117 Å². The summed E-state index contributed by atoms with van der Waals surface area (Å²) in [5, 5.41) is 6.89. The van der Waals surface area contributed by atoms with Crippen LogP contribution in [0.3, 0.4) is 0 Å². The fourth-order valence-electron chi connectivity index (χ4n) is 1.81. The molecule has 0 aliphatic carbocycles. The van der Waals surface area contributed by atoms with Gasteiger partial charge in [0.1, 0.15) is 5.82 Å². The van der Waals surface area contributed by atoms with Gasteiger partial charge in [0.15, 0.2) is 11.6 Å². The highest BCUT2D eigenvalue weighted by Gasteiger charge is 2.14. The molecule has 94 valence electrons. The molecule has 0 spiro atoms. The molecular formula is C14H9BrFN3. The van der Waals surface area contributed by atoms with Gasteiger partial charge in [-0.2, -0.15) is 5.10 Å². The van der Waals surface area contributed by atoms with Crippen molar-refractivity contribution in [2.75, 3.05) is 0 Å². The second-order valence-corrected chi connectivity index (χ2v) is 4.82. The van der Waals surface area contributed by atoms with Crippen molar-refractivity contribution in [1.29, 1.82) is 0 Å². The number of hydrogen-bond donors (Lipinski definition) is 1. The Morgan fingerprint density at radius 1 is 1.00 bits per heavy atom. The van der Waals surface area contributed by atoms with Crippen molar-refractivity contribution < 1.29 is 4.39 Å². The standard InChI is InChI=1S/C14H9BrFN3/c15-10-7-4-8-11(16)12(10)14-17-13(18-19-14)9-5-2-1-3-6-9/h1-8H,(H,17,18,19). The van der Waals surface area contributed by atoms with E-state index in [9.17, 15) is 4.39 Å². The van der Waals surface area contributed by atoms with E-state index in [1.165, 1.54) is 6.07 Å². The summed E-state index contributed by atoms with van der Waals surface area (Å²) >= 11 is 3.32. The Morgan fingerprint density at radius 3 is 2.53 bits per heavy atom. The summed E-state index contributed by atoms with van der Waals surface area (Å²) in [6, 6.07) is 14.3. The molecule has 1 N–H and O–H groups in total. The lowest BCUT2D eigenvalue weighted by Crippen LogP contribution is -1.88. The van der Waals surface area contributed by atoms with Crippen LogP contribution in [0.2, 0.25) is 0 Å². The van der Waals surface area contributed by atoms with Gasteiger partial charge in [-0.1, -0.05) is 36.4 Å². The van der Waals surface area contributed by atoms with Crippen molar-refractivity contribution in [3.8, 4) is 22.8 Å². The van der Waals surface area contributed by atoms with E-state index >= 15 is 0 Å². The molecule has 1 heterocycles. The van der Waals surface area contributed by atoms with Gasteiger partial charge in [-0.05, 0) is 28.1 Å². The molecule has 3 aromatic rings. The summed E-state index contributed by atoms with van der Waals surface area (Å²) in [4.78, 5) is 4.34. The highest BCUT2D eigenvalue weighted by Crippen LogP contribution is 2.29. The van der Waals surface area contributed by atoms with E-state index in [0.717, 1.165) is 5.56 Å². The SMILES string of the molecule is Fc1cccc(Br)c1-c1nc(-c2ccccc2)n[nH]1. The van der Waals surface area contributed by atoms with Crippen LogP contribution in [0.1, 0.15) is 0 Å². The average Bonchev–Trinajstić information content (AvgIpc) is 2.89. The zero-order chi connectivity index (χ0) is 13.2. The molecular weight excluding hydrogens is 309 g/mol. The lowest BCUT2D eigenvalue weighted by molar-refractivity contribution is 0.629. The molecule has 0 aliphatic heterocycles. The molecule has 0 fully saturated rings. The van der Waals surface area contributed by atoms with Crippen LogP contribution >= 0.6 is 15.9 Å². The second kappa shape index (κ2) is 4.93. The zero-order valence-corrected chi connectivity index (χ0v) is 11.4. The first kappa shape index (κ1) is 12.0. The summed E-state index contributed by atoms with van der Waals surface area (Å²) < 4.78 is 14.5. The van der Waals surface area contributed by atoms with Crippen LogP contribution in [0.5, 0.6) is 0 Å². The van der Waals surface area contributed by atoms with Crippen LogP contribution < -0.4 is 0 Å². The van der Waals surface area contributed by atoms with Gasteiger partial charge in [0.25, 0.3) is 0 Å². The van der Waals surface area contributed by atoms with Gasteiger partial charge in [0.2, 0.25) is 0 Å². The zero-order valence-electron chi connectivity index (χ0n) is 9.77. The molecule has 0 amide bonds. The Kier molecular flexibility index (Phi) is 3.13. The molecule has 0 saturated heterocycles. The van der Waals surface area contributed by atoms with E-state index in [4.69, 9.17) is 0 Å². The third-order valence-electron chi connectivity index (χ3n) is 2.72. The van der Waals surface area contributed by atoms with Gasteiger partial charge in [-0.15, -0.1) is 0 Å². The van der Waals surface area contributed by atoms with Crippen molar-refractivity contribution in [2.45, 2.75) is 0 Å². The minimum absolute atomic E-state index is 0.342. The Bertz CT molecular complexity index is 689. The third kappa shape index (κ3) is 2.29. The minimum atomic E-state index is -0.342. The Hall–Kier alpha value is -2.01. The molecule has 5 heteroatoms. The number of benzene rings is 2. The van der Waals surface area contributed by atoms with Crippen LogP contribution in [0, 0.1) is 5.82 Å². The molecule has 1 aromatic heterocycles. The van der Waals surface area contributed by atoms with E-state index in [1.54, 1.807) is 12.1 Å². The average molecular weight is 318 g/mol. The molecule has 3 rings (SSSR count). The molecule has 0 radical (unpaired) electrons.